The van der Waals surface area contributed by atoms with Gasteiger partial charge in [0.15, 0.2) is 0 Å². The zero-order valence-electron chi connectivity index (χ0n) is 14.3. The summed E-state index contributed by atoms with van der Waals surface area (Å²) in [7, 11) is 0. The number of anilines is 2. The van der Waals surface area contributed by atoms with Crippen molar-refractivity contribution in [2.75, 3.05) is 4.90 Å². The van der Waals surface area contributed by atoms with Crippen LogP contribution in [0.5, 0.6) is 0 Å². The maximum absolute atomic E-state index is 4.82. The van der Waals surface area contributed by atoms with Gasteiger partial charge in [-0.1, -0.05) is 66.7 Å². The number of para-hydroxylation sites is 1. The number of rotatable bonds is 2. The van der Waals surface area contributed by atoms with E-state index < -0.39 is 0 Å². The molecular weight excluding hydrogens is 316 g/mol. The lowest BCUT2D eigenvalue weighted by Gasteiger charge is -2.26. The third-order valence-corrected chi connectivity index (χ3v) is 4.93. The lowest BCUT2D eigenvalue weighted by Crippen LogP contribution is -2.26. The highest BCUT2D eigenvalue weighted by molar-refractivity contribution is 5.91. The van der Waals surface area contributed by atoms with Crippen LogP contribution in [0.15, 0.2) is 90.1 Å². The zero-order valence-corrected chi connectivity index (χ0v) is 14.3. The Balaban J connectivity index is 1.80. The minimum atomic E-state index is 0.862. The molecule has 0 aliphatic carbocycles. The molecule has 0 saturated heterocycles. The third-order valence-electron chi connectivity index (χ3n) is 4.93. The lowest BCUT2D eigenvalue weighted by atomic mass is 9.96. The summed E-state index contributed by atoms with van der Waals surface area (Å²) in [6, 6.07) is 25.5. The predicted molar refractivity (Wildman–Crippen MR) is 110 cm³/mol. The van der Waals surface area contributed by atoms with E-state index in [1.54, 1.807) is 0 Å². The monoisotopic (exact) mass is 334 g/mol. The first-order valence-corrected chi connectivity index (χ1v) is 8.89. The van der Waals surface area contributed by atoms with Crippen LogP contribution in [0.25, 0.3) is 11.6 Å². The van der Waals surface area contributed by atoms with Gasteiger partial charge in [0.1, 0.15) is 0 Å². The largest absolute Gasteiger partial charge is 0.315 e. The molecule has 3 aromatic carbocycles. The van der Waals surface area contributed by atoms with Crippen molar-refractivity contribution in [3.8, 4) is 0 Å². The number of aliphatic imine (C=N–C) groups is 1. The molecule has 2 nitrogen and oxygen atoms in total. The number of nitrogens with zero attached hydrogens (tertiary/aromatic N) is 2. The fraction of sp³-hybridized carbons (Fsp3) is 0.0417. The Morgan fingerprint density at radius 2 is 1.58 bits per heavy atom. The van der Waals surface area contributed by atoms with Gasteiger partial charge in [0.25, 0.3) is 0 Å². The molecule has 0 fully saturated rings. The van der Waals surface area contributed by atoms with Crippen LogP contribution in [-0.2, 0) is 0 Å². The number of hydrogen-bond donors (Lipinski definition) is 0. The minimum Gasteiger partial charge on any atom is -0.315 e. The Kier molecular flexibility index (Phi) is 3.53. The first-order chi connectivity index (χ1) is 12.9. The highest BCUT2D eigenvalue weighted by Crippen LogP contribution is 2.33. The standard InChI is InChI=1S/C24H18N2/c1-3-8-18(9-4-1)21-15-16-25-23-22(21)14-13-19-10-7-17-26(24(19)23)20-11-5-2-6-12-20/h1-14,16-17H,15H2. The van der Waals surface area contributed by atoms with E-state index in [-0.39, 0.29) is 0 Å². The lowest BCUT2D eigenvalue weighted by molar-refractivity contribution is 1.22. The summed E-state index contributed by atoms with van der Waals surface area (Å²) in [5.74, 6) is 0. The molecule has 2 heteroatoms. The maximum Gasteiger partial charge on any atom is 0.0947 e. The number of hydrogen-bond acceptors (Lipinski definition) is 2. The van der Waals surface area contributed by atoms with Gasteiger partial charge in [0.2, 0.25) is 0 Å². The molecule has 0 amide bonds. The number of fused-ring (bicyclic) bond motifs is 3. The van der Waals surface area contributed by atoms with E-state index in [0.29, 0.717) is 0 Å². The Morgan fingerprint density at radius 3 is 2.38 bits per heavy atom. The van der Waals surface area contributed by atoms with Crippen molar-refractivity contribution in [2.24, 2.45) is 4.99 Å². The molecule has 2 heterocycles. The van der Waals surface area contributed by atoms with E-state index in [2.05, 4.69) is 90.0 Å². The van der Waals surface area contributed by atoms with E-state index in [9.17, 15) is 0 Å². The second kappa shape index (κ2) is 6.16. The van der Waals surface area contributed by atoms with E-state index >= 15 is 0 Å². The summed E-state index contributed by atoms with van der Waals surface area (Å²) >= 11 is 0. The van der Waals surface area contributed by atoms with Crippen molar-refractivity contribution in [1.82, 2.24) is 0 Å². The van der Waals surface area contributed by atoms with Gasteiger partial charge in [-0.25, -0.2) is 0 Å². The summed E-state index contributed by atoms with van der Waals surface area (Å²) in [5.41, 5.74) is 5.95. The molecule has 0 saturated carbocycles. The van der Waals surface area contributed by atoms with E-state index in [0.717, 1.165) is 23.5 Å². The van der Waals surface area contributed by atoms with Gasteiger partial charge in [-0.3, -0.25) is 4.99 Å². The van der Waals surface area contributed by atoms with Crippen molar-refractivity contribution in [1.29, 1.82) is 0 Å². The van der Waals surface area contributed by atoms with Crippen LogP contribution >= 0.6 is 0 Å². The topological polar surface area (TPSA) is 15.6 Å². The molecule has 0 aromatic heterocycles. The second-order valence-corrected chi connectivity index (χ2v) is 6.47. The van der Waals surface area contributed by atoms with Crippen molar-refractivity contribution >= 4 is 34.9 Å². The number of allylic oxidation sites excluding steroid dienone is 1. The Bertz CT molecular complexity index is 1140. The minimum absolute atomic E-state index is 0.862. The molecule has 0 atom stereocenters. The molecular formula is C24H18N2. The number of benzene rings is 3. The smallest absolute Gasteiger partial charge is 0.0947 e. The Labute approximate surface area is 152 Å². The van der Waals surface area contributed by atoms with Crippen LogP contribution in [-0.4, -0.2) is 6.21 Å². The predicted octanol–water partition coefficient (Wildman–Crippen LogP) is 4.44. The summed E-state index contributed by atoms with van der Waals surface area (Å²) in [6.07, 6.45) is 9.26. The van der Waals surface area contributed by atoms with E-state index in [1.807, 2.05) is 12.3 Å². The van der Waals surface area contributed by atoms with Gasteiger partial charge >= 0.3 is 0 Å². The zero-order chi connectivity index (χ0) is 17.3. The maximum atomic E-state index is 4.82. The summed E-state index contributed by atoms with van der Waals surface area (Å²) in [4.78, 5) is 7.05. The SMILES string of the molecule is C1=CN(c2ccccc2)c2c3c(ccc2=C1)=C(c1ccccc1)CC=N3. The van der Waals surface area contributed by atoms with Crippen LogP contribution in [0.4, 0.5) is 17.1 Å². The molecule has 2 aliphatic rings. The molecule has 0 spiro atoms. The fourth-order valence-corrected chi connectivity index (χ4v) is 3.72. The summed E-state index contributed by atoms with van der Waals surface area (Å²) in [5, 5.41) is 2.42. The van der Waals surface area contributed by atoms with Crippen LogP contribution in [0.1, 0.15) is 12.0 Å². The van der Waals surface area contributed by atoms with Gasteiger partial charge in [-0.05, 0) is 29.3 Å². The van der Waals surface area contributed by atoms with Gasteiger partial charge < -0.3 is 4.90 Å². The molecule has 0 N–H and O–H groups in total. The summed E-state index contributed by atoms with van der Waals surface area (Å²) in [6.45, 7) is 0. The van der Waals surface area contributed by atoms with E-state index in [4.69, 9.17) is 4.99 Å². The highest BCUT2D eigenvalue weighted by Gasteiger charge is 2.19. The summed E-state index contributed by atoms with van der Waals surface area (Å²) < 4.78 is 0. The van der Waals surface area contributed by atoms with Gasteiger partial charge in [0.05, 0.1) is 11.4 Å². The van der Waals surface area contributed by atoms with Crippen molar-refractivity contribution in [3.63, 3.8) is 0 Å². The Morgan fingerprint density at radius 1 is 0.808 bits per heavy atom. The first-order valence-electron chi connectivity index (χ1n) is 8.89. The fourth-order valence-electron chi connectivity index (χ4n) is 3.72. The highest BCUT2D eigenvalue weighted by atomic mass is 15.1. The average molecular weight is 334 g/mol. The molecule has 0 unspecified atom stereocenters. The molecule has 0 radical (unpaired) electrons. The third kappa shape index (κ3) is 2.39. The Hall–Kier alpha value is -3.39. The molecule has 2 aliphatic heterocycles. The van der Waals surface area contributed by atoms with Gasteiger partial charge in [-0.2, -0.15) is 0 Å². The molecule has 3 aromatic rings. The van der Waals surface area contributed by atoms with Crippen LogP contribution in [0, 0.1) is 0 Å². The van der Waals surface area contributed by atoms with Crippen LogP contribution in [0.2, 0.25) is 0 Å². The van der Waals surface area contributed by atoms with Gasteiger partial charge in [0, 0.05) is 35.0 Å². The first kappa shape index (κ1) is 14.9. The quantitative estimate of drug-likeness (QED) is 0.676. The van der Waals surface area contributed by atoms with Crippen molar-refractivity contribution in [2.45, 2.75) is 6.42 Å². The van der Waals surface area contributed by atoms with Crippen LogP contribution in [0.3, 0.4) is 0 Å². The van der Waals surface area contributed by atoms with E-state index in [1.165, 1.54) is 21.6 Å². The van der Waals surface area contributed by atoms with Gasteiger partial charge in [-0.15, -0.1) is 0 Å². The average Bonchev–Trinajstić information content (AvgIpc) is 2.74. The van der Waals surface area contributed by atoms with Crippen LogP contribution < -0.4 is 15.3 Å². The van der Waals surface area contributed by atoms with Crippen molar-refractivity contribution in [3.05, 3.63) is 101 Å². The molecule has 0 bridgehead atoms. The molecule has 124 valence electrons. The normalized spacial score (nSPS) is 14.6. The second-order valence-electron chi connectivity index (χ2n) is 6.47. The molecule has 5 rings (SSSR count). The van der Waals surface area contributed by atoms with Crippen molar-refractivity contribution < 1.29 is 0 Å². The molecule has 26 heavy (non-hydrogen) atoms.